The molecule has 344 valence electrons. The Hall–Kier alpha value is -3.93. The van der Waals surface area contributed by atoms with E-state index in [1.54, 1.807) is 0 Å². The maximum atomic E-state index is 12.8. The van der Waals surface area contributed by atoms with Crippen LogP contribution < -0.4 is 0 Å². The number of carbonyl (C=O) groups is 3. The quantitative estimate of drug-likeness (QED) is 0.0264. The lowest BCUT2D eigenvalue weighted by Gasteiger charge is -2.18. The number of hydrogen-bond donors (Lipinski definition) is 0. The van der Waals surface area contributed by atoms with Gasteiger partial charge in [0.25, 0.3) is 0 Å². The van der Waals surface area contributed by atoms with Crippen molar-refractivity contribution < 1.29 is 28.6 Å². The molecule has 0 fully saturated rings. The van der Waals surface area contributed by atoms with Crippen molar-refractivity contribution in [3.8, 4) is 0 Å². The van der Waals surface area contributed by atoms with Gasteiger partial charge in [-0.05, 0) is 109 Å². The first-order valence-corrected chi connectivity index (χ1v) is 24.4. The molecule has 61 heavy (non-hydrogen) atoms. The van der Waals surface area contributed by atoms with E-state index in [1.807, 2.05) is 6.08 Å². The summed E-state index contributed by atoms with van der Waals surface area (Å²) >= 11 is 0. The van der Waals surface area contributed by atoms with Gasteiger partial charge in [-0.25, -0.2) is 0 Å². The van der Waals surface area contributed by atoms with Crippen molar-refractivity contribution in [3.63, 3.8) is 0 Å². The van der Waals surface area contributed by atoms with Crippen LogP contribution in [0, 0.1) is 0 Å². The summed E-state index contributed by atoms with van der Waals surface area (Å²) in [6.45, 7) is 6.28. The molecule has 0 rings (SSSR count). The van der Waals surface area contributed by atoms with Crippen LogP contribution in [0.2, 0.25) is 0 Å². The Labute approximate surface area is 374 Å². The number of esters is 3. The molecule has 0 saturated carbocycles. The largest absolute Gasteiger partial charge is 0.462 e. The van der Waals surface area contributed by atoms with Crippen molar-refractivity contribution in [3.05, 3.63) is 109 Å². The number of unbranched alkanes of at least 4 members (excludes halogenated alkanes) is 13. The van der Waals surface area contributed by atoms with Crippen molar-refractivity contribution in [2.24, 2.45) is 0 Å². The molecule has 1 atom stereocenters. The maximum absolute atomic E-state index is 12.8. The molecule has 0 aliphatic carbocycles. The molecule has 0 radical (unpaired) electrons. The van der Waals surface area contributed by atoms with Crippen molar-refractivity contribution >= 4 is 17.9 Å². The number of ether oxygens (including phenoxy) is 3. The molecule has 0 amide bonds. The first-order valence-electron chi connectivity index (χ1n) is 24.4. The van der Waals surface area contributed by atoms with E-state index < -0.39 is 6.10 Å². The highest BCUT2D eigenvalue weighted by Crippen LogP contribution is 2.11. The molecular weight excluding hydrogens is 757 g/mol. The Bertz CT molecular complexity index is 1290. The zero-order valence-corrected chi connectivity index (χ0v) is 39.1. The van der Waals surface area contributed by atoms with Crippen LogP contribution >= 0.6 is 0 Å². The van der Waals surface area contributed by atoms with E-state index >= 15 is 0 Å². The third-order valence-corrected chi connectivity index (χ3v) is 9.76. The summed E-state index contributed by atoms with van der Waals surface area (Å²) in [7, 11) is 0. The number of hydrogen-bond acceptors (Lipinski definition) is 6. The Morgan fingerprint density at radius 3 is 1.11 bits per heavy atom. The minimum absolute atomic E-state index is 0.123. The Morgan fingerprint density at radius 1 is 0.344 bits per heavy atom. The number of allylic oxidation sites excluding steroid dienone is 18. The highest BCUT2D eigenvalue weighted by atomic mass is 16.6. The number of rotatable bonds is 42. The van der Waals surface area contributed by atoms with Crippen LogP contribution in [-0.2, 0) is 28.6 Å². The van der Waals surface area contributed by atoms with E-state index in [4.69, 9.17) is 14.2 Å². The first-order chi connectivity index (χ1) is 30.0. The average Bonchev–Trinajstić information content (AvgIpc) is 3.26. The van der Waals surface area contributed by atoms with E-state index in [-0.39, 0.29) is 44.0 Å². The van der Waals surface area contributed by atoms with Crippen LogP contribution in [0.5, 0.6) is 0 Å². The molecule has 0 aromatic heterocycles. The van der Waals surface area contributed by atoms with Gasteiger partial charge >= 0.3 is 17.9 Å². The topological polar surface area (TPSA) is 78.9 Å². The summed E-state index contributed by atoms with van der Waals surface area (Å²) in [5.74, 6) is -1.05. The highest BCUT2D eigenvalue weighted by molar-refractivity contribution is 5.71. The number of carbonyl (C=O) groups excluding carboxylic acids is 3. The molecule has 1 unspecified atom stereocenters. The summed E-state index contributed by atoms with van der Waals surface area (Å²) in [5.41, 5.74) is 0. The first kappa shape index (κ1) is 57.1. The molecule has 0 aliphatic heterocycles. The summed E-state index contributed by atoms with van der Waals surface area (Å²) in [6.07, 6.45) is 65.1. The van der Waals surface area contributed by atoms with Crippen molar-refractivity contribution in [1.82, 2.24) is 0 Å². The fourth-order valence-corrected chi connectivity index (χ4v) is 6.15. The van der Waals surface area contributed by atoms with E-state index in [9.17, 15) is 14.4 Å². The minimum atomic E-state index is -0.826. The predicted molar refractivity (Wildman–Crippen MR) is 260 cm³/mol. The van der Waals surface area contributed by atoms with Gasteiger partial charge in [-0.2, -0.15) is 0 Å². The zero-order chi connectivity index (χ0) is 44.4. The SMILES string of the molecule is CC/C=C\C/C=C\C/C=C\C/C=C\CCCCCC(=O)OCC(COC(=O)CC/C=C\C/C=C\CCCCCCCC)OC(=O)CCCCCC/C=C\C/C=C\C/C=C\CC. The maximum Gasteiger partial charge on any atom is 0.306 e. The second-order valence-electron chi connectivity index (χ2n) is 15.6. The van der Waals surface area contributed by atoms with Crippen molar-refractivity contribution in [2.75, 3.05) is 13.2 Å². The van der Waals surface area contributed by atoms with Crippen LogP contribution in [0.4, 0.5) is 0 Å². The molecule has 6 heteroatoms. The molecule has 0 aromatic rings. The van der Waals surface area contributed by atoms with Crippen LogP contribution in [0.15, 0.2) is 109 Å². The van der Waals surface area contributed by atoms with E-state index in [2.05, 4.69) is 124 Å². The molecular formula is C55H88O6. The molecule has 6 nitrogen and oxygen atoms in total. The Morgan fingerprint density at radius 2 is 0.672 bits per heavy atom. The summed E-state index contributed by atoms with van der Waals surface area (Å²) < 4.78 is 16.7. The third-order valence-electron chi connectivity index (χ3n) is 9.76. The monoisotopic (exact) mass is 845 g/mol. The molecule has 0 bridgehead atoms. The van der Waals surface area contributed by atoms with Gasteiger partial charge in [-0.15, -0.1) is 0 Å². The summed E-state index contributed by atoms with van der Waals surface area (Å²) in [4.78, 5) is 37.8. The lowest BCUT2D eigenvalue weighted by atomic mass is 10.1. The second-order valence-corrected chi connectivity index (χ2v) is 15.6. The highest BCUT2D eigenvalue weighted by Gasteiger charge is 2.19. The minimum Gasteiger partial charge on any atom is -0.462 e. The summed E-state index contributed by atoms with van der Waals surface area (Å²) in [6, 6.07) is 0. The van der Waals surface area contributed by atoms with Gasteiger partial charge < -0.3 is 14.2 Å². The van der Waals surface area contributed by atoms with Gasteiger partial charge in [-0.1, -0.05) is 182 Å². The van der Waals surface area contributed by atoms with Gasteiger partial charge in [0, 0.05) is 19.3 Å². The average molecular weight is 845 g/mol. The summed E-state index contributed by atoms with van der Waals surface area (Å²) in [5, 5.41) is 0. The van der Waals surface area contributed by atoms with Gasteiger partial charge in [0.2, 0.25) is 0 Å². The molecule has 0 spiro atoms. The molecule has 0 aromatic carbocycles. The van der Waals surface area contributed by atoms with Crippen LogP contribution in [-0.4, -0.2) is 37.2 Å². The standard InChI is InChI=1S/C55H88O6/c1-4-7-10-13-16-19-22-25-27-28-31-33-36-39-42-45-48-54(57)60-51-52(50-59-53(56)47-44-41-38-35-32-29-24-21-18-15-12-9-6-3)61-55(58)49-46-43-40-37-34-30-26-23-20-17-14-11-8-5-2/h7-8,10-11,16-17,19-20,25-27,29-33,38,41,52H,4-6,9,12-15,18,21-24,28,34-37,39-40,42-51H2,1-3H3/b10-7-,11-8-,19-16-,20-17-,27-25-,30-26-,32-29-,33-31-,41-38-. The van der Waals surface area contributed by atoms with Crippen molar-refractivity contribution in [1.29, 1.82) is 0 Å². The fraction of sp³-hybridized carbons (Fsp3) is 0.618. The smallest absolute Gasteiger partial charge is 0.306 e. The fourth-order valence-electron chi connectivity index (χ4n) is 6.15. The van der Waals surface area contributed by atoms with Gasteiger partial charge in [0.15, 0.2) is 6.10 Å². The molecule has 0 heterocycles. The van der Waals surface area contributed by atoms with Crippen LogP contribution in [0.3, 0.4) is 0 Å². The van der Waals surface area contributed by atoms with E-state index in [1.165, 1.54) is 38.5 Å². The van der Waals surface area contributed by atoms with Gasteiger partial charge in [-0.3, -0.25) is 14.4 Å². The Balaban J connectivity index is 4.56. The van der Waals surface area contributed by atoms with Crippen LogP contribution in [0.1, 0.15) is 201 Å². The van der Waals surface area contributed by atoms with E-state index in [0.717, 1.165) is 116 Å². The normalized spacial score (nSPS) is 13.0. The third kappa shape index (κ3) is 47.0. The second kappa shape index (κ2) is 48.7. The molecule has 0 aliphatic rings. The lowest BCUT2D eigenvalue weighted by Crippen LogP contribution is -2.30. The molecule has 0 saturated heterocycles. The van der Waals surface area contributed by atoms with Crippen LogP contribution in [0.25, 0.3) is 0 Å². The van der Waals surface area contributed by atoms with Gasteiger partial charge in [0.1, 0.15) is 13.2 Å². The zero-order valence-electron chi connectivity index (χ0n) is 39.1. The Kier molecular flexibility index (Phi) is 45.6. The van der Waals surface area contributed by atoms with E-state index in [0.29, 0.717) is 12.8 Å². The predicted octanol–water partition coefficient (Wildman–Crippen LogP) is 16.0. The molecule has 0 N–H and O–H groups in total. The lowest BCUT2D eigenvalue weighted by molar-refractivity contribution is -0.166. The van der Waals surface area contributed by atoms with Crippen molar-refractivity contribution in [2.45, 2.75) is 207 Å². The van der Waals surface area contributed by atoms with Gasteiger partial charge in [0.05, 0.1) is 0 Å².